The summed E-state index contributed by atoms with van der Waals surface area (Å²) in [5.41, 5.74) is 4.05. The van der Waals surface area contributed by atoms with Crippen LogP contribution in [-0.4, -0.2) is 50.1 Å². The molecule has 8 heteroatoms. The molecule has 0 radical (unpaired) electrons. The molecule has 0 aliphatic rings. The van der Waals surface area contributed by atoms with Crippen molar-refractivity contribution in [2.75, 3.05) is 32.5 Å². The van der Waals surface area contributed by atoms with E-state index in [0.717, 1.165) is 35.1 Å². The van der Waals surface area contributed by atoms with Crippen molar-refractivity contribution in [2.24, 2.45) is 4.99 Å². The molecular formula is C25H38IN5O2. The van der Waals surface area contributed by atoms with Crippen molar-refractivity contribution in [3.63, 3.8) is 0 Å². The predicted molar refractivity (Wildman–Crippen MR) is 148 cm³/mol. The van der Waals surface area contributed by atoms with Gasteiger partial charge in [-0.25, -0.2) is 4.99 Å². The van der Waals surface area contributed by atoms with Crippen molar-refractivity contribution < 1.29 is 9.53 Å². The van der Waals surface area contributed by atoms with Crippen LogP contribution in [0, 0.1) is 6.92 Å². The van der Waals surface area contributed by atoms with Gasteiger partial charge in [-0.05, 0) is 71.1 Å². The zero-order valence-electron chi connectivity index (χ0n) is 20.6. The Morgan fingerprint density at radius 2 is 1.88 bits per heavy atom. The van der Waals surface area contributed by atoms with E-state index in [2.05, 4.69) is 41.1 Å². The van der Waals surface area contributed by atoms with Gasteiger partial charge in [-0.2, -0.15) is 0 Å². The van der Waals surface area contributed by atoms with E-state index in [1.165, 1.54) is 5.56 Å². The molecule has 0 aliphatic heterocycles. The van der Waals surface area contributed by atoms with Gasteiger partial charge in [-0.1, -0.05) is 24.3 Å². The first-order valence-corrected chi connectivity index (χ1v) is 11.1. The minimum Gasteiger partial charge on any atom is -0.491 e. The molecule has 33 heavy (non-hydrogen) atoms. The highest BCUT2D eigenvalue weighted by atomic mass is 127. The quantitative estimate of drug-likeness (QED) is 0.229. The summed E-state index contributed by atoms with van der Waals surface area (Å²) in [5, 5.41) is 9.60. The van der Waals surface area contributed by atoms with Gasteiger partial charge >= 0.3 is 0 Å². The van der Waals surface area contributed by atoms with E-state index >= 15 is 0 Å². The molecule has 7 nitrogen and oxygen atoms in total. The molecule has 0 saturated heterocycles. The number of benzene rings is 2. The Labute approximate surface area is 215 Å². The Morgan fingerprint density at radius 1 is 1.12 bits per heavy atom. The summed E-state index contributed by atoms with van der Waals surface area (Å²) in [6.45, 7) is 10.4. The number of halogens is 1. The van der Waals surface area contributed by atoms with Gasteiger partial charge in [-0.15, -0.1) is 24.0 Å². The highest BCUT2D eigenvalue weighted by molar-refractivity contribution is 14.0. The fraction of sp³-hybridized carbons (Fsp3) is 0.440. The van der Waals surface area contributed by atoms with E-state index in [4.69, 9.17) is 9.73 Å². The molecule has 0 saturated carbocycles. The van der Waals surface area contributed by atoms with Crippen LogP contribution in [0.25, 0.3) is 0 Å². The normalized spacial score (nSPS) is 11.2. The number of hydrogen-bond acceptors (Lipinski definition) is 4. The molecule has 2 aromatic rings. The van der Waals surface area contributed by atoms with Crippen LogP contribution in [-0.2, 0) is 17.9 Å². The summed E-state index contributed by atoms with van der Waals surface area (Å²) in [6, 6.07) is 14.0. The van der Waals surface area contributed by atoms with Crippen LogP contribution in [0.3, 0.4) is 0 Å². The van der Waals surface area contributed by atoms with Gasteiger partial charge in [-0.3, -0.25) is 4.79 Å². The number of amides is 1. The van der Waals surface area contributed by atoms with Gasteiger partial charge in [0.25, 0.3) is 0 Å². The van der Waals surface area contributed by atoms with E-state index in [1.807, 2.05) is 64.0 Å². The molecule has 182 valence electrons. The Morgan fingerprint density at radius 3 is 2.55 bits per heavy atom. The molecule has 2 aromatic carbocycles. The summed E-state index contributed by atoms with van der Waals surface area (Å²) < 4.78 is 5.98. The standard InChI is InChI=1S/C25H37N5O2.HI/c1-7-26-25(28-16-21-12-11-19(4)13-23(21)32-18(2)3)27-15-20-9-8-10-22(14-20)29-24(31)17-30(5)6;/h8-14,18H,7,15-17H2,1-6H3,(H,29,31)(H2,26,27,28);1H. The average molecular weight is 568 g/mol. The van der Waals surface area contributed by atoms with Crippen molar-refractivity contribution in [3.05, 3.63) is 59.2 Å². The lowest BCUT2D eigenvalue weighted by Gasteiger charge is -2.17. The first kappa shape index (κ1) is 28.7. The van der Waals surface area contributed by atoms with Gasteiger partial charge in [0.1, 0.15) is 5.75 Å². The van der Waals surface area contributed by atoms with E-state index in [0.29, 0.717) is 19.6 Å². The van der Waals surface area contributed by atoms with Crippen LogP contribution < -0.4 is 20.7 Å². The van der Waals surface area contributed by atoms with E-state index < -0.39 is 0 Å². The fourth-order valence-corrected chi connectivity index (χ4v) is 3.10. The number of aliphatic imine (C=N–C) groups is 1. The molecule has 0 bridgehead atoms. The highest BCUT2D eigenvalue weighted by Crippen LogP contribution is 2.21. The number of hydrogen-bond donors (Lipinski definition) is 3. The lowest BCUT2D eigenvalue weighted by atomic mass is 10.1. The molecule has 1 amide bonds. The number of guanidine groups is 1. The number of anilines is 1. The largest absolute Gasteiger partial charge is 0.491 e. The molecule has 0 aromatic heterocycles. The third-order valence-electron chi connectivity index (χ3n) is 4.47. The van der Waals surface area contributed by atoms with Crippen molar-refractivity contribution in [1.82, 2.24) is 15.5 Å². The second kappa shape index (κ2) is 14.7. The number of nitrogens with one attached hydrogen (secondary N) is 3. The minimum atomic E-state index is -0.0387. The van der Waals surface area contributed by atoms with E-state index in [-0.39, 0.29) is 36.0 Å². The number of aryl methyl sites for hydroxylation is 1. The monoisotopic (exact) mass is 567 g/mol. The summed E-state index contributed by atoms with van der Waals surface area (Å²) in [5.74, 6) is 1.58. The third kappa shape index (κ3) is 10.9. The topological polar surface area (TPSA) is 78.0 Å². The van der Waals surface area contributed by atoms with Crippen molar-refractivity contribution in [2.45, 2.75) is 46.9 Å². The molecule has 0 aliphatic carbocycles. The van der Waals surface area contributed by atoms with Crippen LogP contribution in [0.2, 0.25) is 0 Å². The second-order valence-corrected chi connectivity index (χ2v) is 8.31. The van der Waals surface area contributed by atoms with Gasteiger partial charge in [0, 0.05) is 24.3 Å². The second-order valence-electron chi connectivity index (χ2n) is 8.31. The Balaban J connectivity index is 0.00000544. The molecule has 0 spiro atoms. The number of ether oxygens (including phenoxy) is 1. The first-order valence-electron chi connectivity index (χ1n) is 11.1. The molecular weight excluding hydrogens is 529 g/mol. The smallest absolute Gasteiger partial charge is 0.238 e. The van der Waals surface area contributed by atoms with Crippen LogP contribution in [0.4, 0.5) is 5.69 Å². The van der Waals surface area contributed by atoms with Crippen molar-refractivity contribution >= 4 is 41.5 Å². The lowest BCUT2D eigenvalue weighted by Crippen LogP contribution is -2.36. The number of carbonyl (C=O) groups excluding carboxylic acids is 1. The van der Waals surface area contributed by atoms with Crippen molar-refractivity contribution in [3.8, 4) is 5.75 Å². The van der Waals surface area contributed by atoms with Gasteiger partial charge < -0.3 is 25.6 Å². The SMILES string of the molecule is CCNC(=NCc1cccc(NC(=O)CN(C)C)c1)NCc1ccc(C)cc1OC(C)C.I. The highest BCUT2D eigenvalue weighted by Gasteiger charge is 2.08. The summed E-state index contributed by atoms with van der Waals surface area (Å²) >= 11 is 0. The maximum Gasteiger partial charge on any atom is 0.238 e. The molecule has 0 heterocycles. The molecule has 0 fully saturated rings. The molecule has 3 N–H and O–H groups in total. The zero-order valence-corrected chi connectivity index (χ0v) is 22.9. The first-order chi connectivity index (χ1) is 15.3. The third-order valence-corrected chi connectivity index (χ3v) is 4.47. The van der Waals surface area contributed by atoms with Crippen LogP contribution >= 0.6 is 24.0 Å². The number of likely N-dealkylation sites (N-methyl/N-ethyl adjacent to an activating group) is 1. The Bertz CT molecular complexity index is 915. The minimum absolute atomic E-state index is 0. The molecule has 0 unspecified atom stereocenters. The van der Waals surface area contributed by atoms with Gasteiger partial charge in [0.2, 0.25) is 5.91 Å². The number of nitrogens with zero attached hydrogens (tertiary/aromatic N) is 2. The maximum absolute atomic E-state index is 12.0. The van der Waals surface area contributed by atoms with Gasteiger partial charge in [0.15, 0.2) is 5.96 Å². The summed E-state index contributed by atoms with van der Waals surface area (Å²) in [4.78, 5) is 18.6. The van der Waals surface area contributed by atoms with Crippen LogP contribution in [0.1, 0.15) is 37.5 Å². The number of rotatable bonds is 10. The summed E-state index contributed by atoms with van der Waals surface area (Å²) in [6.07, 6.45) is 0.114. The van der Waals surface area contributed by atoms with Crippen LogP contribution in [0.5, 0.6) is 5.75 Å². The number of carbonyl (C=O) groups is 1. The fourth-order valence-electron chi connectivity index (χ4n) is 3.10. The van der Waals surface area contributed by atoms with Crippen molar-refractivity contribution in [1.29, 1.82) is 0 Å². The zero-order chi connectivity index (χ0) is 23.5. The van der Waals surface area contributed by atoms with E-state index in [1.54, 1.807) is 0 Å². The predicted octanol–water partition coefficient (Wildman–Crippen LogP) is 4.16. The Kier molecular flexibility index (Phi) is 12.8. The Hall–Kier alpha value is -2.33. The molecule has 0 atom stereocenters. The molecule has 2 rings (SSSR count). The lowest BCUT2D eigenvalue weighted by molar-refractivity contribution is -0.116. The maximum atomic E-state index is 12.0. The van der Waals surface area contributed by atoms with Gasteiger partial charge in [0.05, 0.1) is 19.2 Å². The summed E-state index contributed by atoms with van der Waals surface area (Å²) in [7, 11) is 3.74. The van der Waals surface area contributed by atoms with Crippen LogP contribution in [0.15, 0.2) is 47.5 Å². The van der Waals surface area contributed by atoms with E-state index in [9.17, 15) is 4.79 Å². The average Bonchev–Trinajstić information content (AvgIpc) is 2.70.